The number of aryl methyl sites for hydroxylation is 1. The molecule has 0 aromatic heterocycles. The van der Waals surface area contributed by atoms with Crippen LogP contribution in [0.3, 0.4) is 0 Å². The molecule has 0 spiro atoms. The molecule has 0 aliphatic heterocycles. The summed E-state index contributed by atoms with van der Waals surface area (Å²) >= 11 is 0. The van der Waals surface area contributed by atoms with Crippen molar-refractivity contribution in [3.05, 3.63) is 47.8 Å². The monoisotopic (exact) mass is 274 g/mol. The summed E-state index contributed by atoms with van der Waals surface area (Å²) in [5.41, 5.74) is 9.18. The molecule has 0 heterocycles. The van der Waals surface area contributed by atoms with E-state index in [0.717, 1.165) is 16.9 Å². The summed E-state index contributed by atoms with van der Waals surface area (Å²) in [6.07, 6.45) is 0. The van der Waals surface area contributed by atoms with Crippen LogP contribution in [0, 0.1) is 12.7 Å². The highest BCUT2D eigenvalue weighted by molar-refractivity contribution is 5.76. The van der Waals surface area contributed by atoms with Crippen molar-refractivity contribution >= 4 is 17.1 Å². The summed E-state index contributed by atoms with van der Waals surface area (Å²) in [6, 6.07) is 11.0. The van der Waals surface area contributed by atoms with Crippen LogP contribution in [0.15, 0.2) is 36.4 Å². The quantitative estimate of drug-likeness (QED) is 0.860. The van der Waals surface area contributed by atoms with Gasteiger partial charge in [-0.2, -0.15) is 0 Å². The Bertz CT molecular complexity index is 613. The Hall–Kier alpha value is -2.23. The molecule has 3 nitrogen and oxygen atoms in total. The first kappa shape index (κ1) is 14.2. The smallest absolute Gasteiger partial charge is 0.167 e. The minimum absolute atomic E-state index is 0.219. The molecule has 0 aliphatic rings. The SMILES string of the molecule is CCOc1cc(N(C)c2cccc(C)c2)c(N)cc1F. The number of hydrogen-bond acceptors (Lipinski definition) is 3. The second-order valence-electron chi connectivity index (χ2n) is 4.67. The van der Waals surface area contributed by atoms with Gasteiger partial charge in [0.15, 0.2) is 11.6 Å². The predicted octanol–water partition coefficient (Wildman–Crippen LogP) is 3.88. The van der Waals surface area contributed by atoms with E-state index in [4.69, 9.17) is 10.5 Å². The summed E-state index contributed by atoms with van der Waals surface area (Å²) in [5.74, 6) is -0.220. The van der Waals surface area contributed by atoms with Gasteiger partial charge in [0.05, 0.1) is 18.0 Å². The van der Waals surface area contributed by atoms with Crippen molar-refractivity contribution in [2.24, 2.45) is 0 Å². The fraction of sp³-hybridized carbons (Fsp3) is 0.250. The number of halogens is 1. The standard InChI is InChI=1S/C16H19FN2O/c1-4-20-16-10-15(14(18)9-13(16)17)19(3)12-7-5-6-11(2)8-12/h5-10H,4,18H2,1-3H3. The van der Waals surface area contributed by atoms with Gasteiger partial charge in [0.1, 0.15) is 0 Å². The molecule has 4 heteroatoms. The predicted molar refractivity (Wildman–Crippen MR) is 81.2 cm³/mol. The largest absolute Gasteiger partial charge is 0.491 e. The van der Waals surface area contributed by atoms with Crippen LogP contribution in [0.5, 0.6) is 5.75 Å². The van der Waals surface area contributed by atoms with E-state index >= 15 is 0 Å². The van der Waals surface area contributed by atoms with E-state index in [1.807, 2.05) is 50.1 Å². The number of rotatable bonds is 4. The Kier molecular flexibility index (Phi) is 4.13. The maximum atomic E-state index is 13.7. The second-order valence-corrected chi connectivity index (χ2v) is 4.67. The van der Waals surface area contributed by atoms with Crippen molar-refractivity contribution in [3.63, 3.8) is 0 Å². The number of hydrogen-bond donors (Lipinski definition) is 1. The van der Waals surface area contributed by atoms with Crippen LogP contribution in [0.2, 0.25) is 0 Å². The highest BCUT2D eigenvalue weighted by atomic mass is 19.1. The van der Waals surface area contributed by atoms with Gasteiger partial charge < -0.3 is 15.4 Å². The molecule has 0 fully saturated rings. The number of benzene rings is 2. The van der Waals surface area contributed by atoms with E-state index < -0.39 is 5.82 Å². The summed E-state index contributed by atoms with van der Waals surface area (Å²) < 4.78 is 19.0. The van der Waals surface area contributed by atoms with Gasteiger partial charge in [-0.15, -0.1) is 0 Å². The lowest BCUT2D eigenvalue weighted by Crippen LogP contribution is -2.12. The third kappa shape index (κ3) is 2.85. The number of nitrogens with two attached hydrogens (primary N) is 1. The molecule has 0 radical (unpaired) electrons. The van der Waals surface area contributed by atoms with Crippen molar-refractivity contribution in [2.75, 3.05) is 24.3 Å². The summed E-state index contributed by atoms with van der Waals surface area (Å²) in [4.78, 5) is 1.92. The molecular formula is C16H19FN2O. The van der Waals surface area contributed by atoms with Gasteiger partial charge in [-0.1, -0.05) is 12.1 Å². The maximum absolute atomic E-state index is 13.7. The fourth-order valence-corrected chi connectivity index (χ4v) is 2.09. The zero-order valence-electron chi connectivity index (χ0n) is 12.0. The number of nitrogens with zero attached hydrogens (tertiary/aromatic N) is 1. The summed E-state index contributed by atoms with van der Waals surface area (Å²) in [6.45, 7) is 4.26. The Morgan fingerprint density at radius 3 is 2.65 bits per heavy atom. The molecule has 0 atom stereocenters. The topological polar surface area (TPSA) is 38.5 Å². The molecule has 106 valence electrons. The molecule has 0 amide bonds. The Morgan fingerprint density at radius 2 is 2.00 bits per heavy atom. The van der Waals surface area contributed by atoms with Crippen LogP contribution in [0.25, 0.3) is 0 Å². The van der Waals surface area contributed by atoms with Crippen LogP contribution in [0.4, 0.5) is 21.5 Å². The van der Waals surface area contributed by atoms with Crippen LogP contribution in [-0.4, -0.2) is 13.7 Å². The van der Waals surface area contributed by atoms with Gasteiger partial charge in [0, 0.05) is 24.9 Å². The Labute approximate surface area is 118 Å². The van der Waals surface area contributed by atoms with Crippen LogP contribution in [0.1, 0.15) is 12.5 Å². The molecule has 0 bridgehead atoms. The molecule has 0 unspecified atom stereocenters. The van der Waals surface area contributed by atoms with E-state index in [1.54, 1.807) is 6.07 Å². The molecule has 0 saturated heterocycles. The average Bonchev–Trinajstić information content (AvgIpc) is 2.41. The minimum Gasteiger partial charge on any atom is -0.491 e. The maximum Gasteiger partial charge on any atom is 0.167 e. The van der Waals surface area contributed by atoms with Crippen molar-refractivity contribution in [3.8, 4) is 5.75 Å². The van der Waals surface area contributed by atoms with Gasteiger partial charge >= 0.3 is 0 Å². The number of ether oxygens (including phenoxy) is 1. The lowest BCUT2D eigenvalue weighted by molar-refractivity contribution is 0.322. The van der Waals surface area contributed by atoms with Gasteiger partial charge in [-0.05, 0) is 31.5 Å². The van der Waals surface area contributed by atoms with E-state index in [-0.39, 0.29) is 5.75 Å². The first-order valence-electron chi connectivity index (χ1n) is 6.55. The van der Waals surface area contributed by atoms with E-state index in [9.17, 15) is 4.39 Å². The van der Waals surface area contributed by atoms with Crippen molar-refractivity contribution < 1.29 is 9.13 Å². The van der Waals surface area contributed by atoms with Crippen molar-refractivity contribution in [1.82, 2.24) is 0 Å². The Balaban J connectivity index is 2.43. The minimum atomic E-state index is -0.439. The second kappa shape index (κ2) is 5.82. The molecule has 20 heavy (non-hydrogen) atoms. The normalized spacial score (nSPS) is 10.4. The van der Waals surface area contributed by atoms with Crippen LogP contribution in [-0.2, 0) is 0 Å². The molecule has 0 aliphatic carbocycles. The third-order valence-electron chi connectivity index (χ3n) is 3.13. The van der Waals surface area contributed by atoms with E-state index in [0.29, 0.717) is 12.3 Å². The van der Waals surface area contributed by atoms with E-state index in [1.165, 1.54) is 6.07 Å². The summed E-state index contributed by atoms with van der Waals surface area (Å²) in [5, 5.41) is 0. The molecule has 2 rings (SSSR count). The molecule has 2 N–H and O–H groups in total. The highest BCUT2D eigenvalue weighted by Crippen LogP contribution is 2.34. The van der Waals surface area contributed by atoms with Gasteiger partial charge in [0.2, 0.25) is 0 Å². The number of anilines is 3. The lowest BCUT2D eigenvalue weighted by Gasteiger charge is -2.22. The Morgan fingerprint density at radius 1 is 1.25 bits per heavy atom. The summed E-state index contributed by atoms with van der Waals surface area (Å²) in [7, 11) is 1.90. The molecular weight excluding hydrogens is 255 g/mol. The fourth-order valence-electron chi connectivity index (χ4n) is 2.09. The average molecular weight is 274 g/mol. The van der Waals surface area contributed by atoms with Crippen molar-refractivity contribution in [2.45, 2.75) is 13.8 Å². The van der Waals surface area contributed by atoms with Crippen LogP contribution < -0.4 is 15.4 Å². The molecule has 2 aromatic carbocycles. The first-order valence-corrected chi connectivity index (χ1v) is 6.55. The third-order valence-corrected chi connectivity index (χ3v) is 3.13. The first-order chi connectivity index (χ1) is 9.52. The highest BCUT2D eigenvalue weighted by Gasteiger charge is 2.13. The lowest BCUT2D eigenvalue weighted by atomic mass is 10.1. The zero-order chi connectivity index (χ0) is 14.7. The van der Waals surface area contributed by atoms with Crippen molar-refractivity contribution in [1.29, 1.82) is 0 Å². The van der Waals surface area contributed by atoms with E-state index in [2.05, 4.69) is 0 Å². The number of nitrogen functional groups attached to an aromatic ring is 1. The molecule has 0 saturated carbocycles. The van der Waals surface area contributed by atoms with Gasteiger partial charge in [-0.25, -0.2) is 4.39 Å². The van der Waals surface area contributed by atoms with Crippen LogP contribution >= 0.6 is 0 Å². The molecule has 2 aromatic rings. The van der Waals surface area contributed by atoms with Gasteiger partial charge in [-0.3, -0.25) is 0 Å². The zero-order valence-corrected chi connectivity index (χ0v) is 12.0. The van der Waals surface area contributed by atoms with Gasteiger partial charge in [0.25, 0.3) is 0 Å².